The van der Waals surface area contributed by atoms with E-state index >= 15 is 0 Å². The van der Waals surface area contributed by atoms with Crippen molar-refractivity contribution in [3.05, 3.63) is 107 Å². The summed E-state index contributed by atoms with van der Waals surface area (Å²) in [4.78, 5) is 33.7. The lowest BCUT2D eigenvalue weighted by molar-refractivity contribution is -0.122. The second kappa shape index (κ2) is 8.22. The lowest BCUT2D eigenvalue weighted by Crippen LogP contribution is -2.47. The third kappa shape index (κ3) is 3.38. The molecule has 2 aromatic heterocycles. The molecule has 4 rings (SSSR count). The van der Waals surface area contributed by atoms with E-state index in [1.807, 2.05) is 6.07 Å². The molecule has 1 aliphatic carbocycles. The van der Waals surface area contributed by atoms with Gasteiger partial charge in [-0.2, -0.15) is 0 Å². The maximum absolute atomic E-state index is 12.8. The van der Waals surface area contributed by atoms with Gasteiger partial charge in [-0.25, -0.2) is 0 Å². The minimum absolute atomic E-state index is 0.0532. The van der Waals surface area contributed by atoms with Crippen molar-refractivity contribution in [2.24, 2.45) is 11.5 Å². The Morgan fingerprint density at radius 3 is 2.19 bits per heavy atom. The van der Waals surface area contributed by atoms with E-state index in [1.165, 1.54) is 12.2 Å². The second-order valence-corrected chi connectivity index (χ2v) is 8.19. The van der Waals surface area contributed by atoms with Gasteiger partial charge in [0.15, 0.2) is 0 Å². The molecule has 1 aliphatic rings. The van der Waals surface area contributed by atoms with E-state index < -0.39 is 22.6 Å². The van der Waals surface area contributed by atoms with Crippen molar-refractivity contribution >= 4 is 35.0 Å². The van der Waals surface area contributed by atoms with Gasteiger partial charge in [-0.1, -0.05) is 47.5 Å². The summed E-state index contributed by atoms with van der Waals surface area (Å²) >= 11 is 13.1. The Bertz CT molecular complexity index is 1260. The molecule has 32 heavy (non-hydrogen) atoms. The van der Waals surface area contributed by atoms with Crippen molar-refractivity contribution < 1.29 is 9.59 Å². The van der Waals surface area contributed by atoms with E-state index in [0.29, 0.717) is 27.4 Å². The molecule has 2 amide bonds. The van der Waals surface area contributed by atoms with Crippen molar-refractivity contribution in [2.75, 3.05) is 0 Å². The number of nitrogens with zero attached hydrogens (tertiary/aromatic N) is 2. The van der Waals surface area contributed by atoms with Gasteiger partial charge in [0.25, 0.3) is 0 Å². The largest absolute Gasteiger partial charge is 0.368 e. The van der Waals surface area contributed by atoms with E-state index in [-0.39, 0.29) is 5.03 Å². The van der Waals surface area contributed by atoms with E-state index in [1.54, 1.807) is 67.1 Å². The van der Waals surface area contributed by atoms with Gasteiger partial charge in [-0.3, -0.25) is 19.6 Å². The number of benzene rings is 1. The minimum atomic E-state index is -1.51. The lowest BCUT2D eigenvalue weighted by Gasteiger charge is -2.36. The van der Waals surface area contributed by atoms with Crippen LogP contribution in [0.2, 0.25) is 5.02 Å². The van der Waals surface area contributed by atoms with Gasteiger partial charge >= 0.3 is 0 Å². The standard InChI is InChI=1S/C24H18Cl2N4O2/c25-18-5-4-16(13-17(18)19-3-1-2-10-30-19)24(22(28)32)9-8-23(21(27)31,14-20(24)26)15-6-11-29-12-7-15/h1-14H,(H2,27,31)(H2,28,32). The van der Waals surface area contributed by atoms with Gasteiger partial charge in [0.1, 0.15) is 10.8 Å². The Balaban J connectivity index is 1.91. The van der Waals surface area contributed by atoms with Crippen LogP contribution in [0.1, 0.15) is 11.1 Å². The maximum atomic E-state index is 12.8. The zero-order valence-electron chi connectivity index (χ0n) is 16.7. The number of halogens is 2. The molecule has 0 saturated carbocycles. The molecular formula is C24H18Cl2N4O2. The molecule has 2 unspecified atom stereocenters. The number of hydrogen-bond donors (Lipinski definition) is 2. The van der Waals surface area contributed by atoms with Gasteiger partial charge in [-0.05, 0) is 53.6 Å². The Kier molecular flexibility index (Phi) is 5.59. The van der Waals surface area contributed by atoms with Crippen molar-refractivity contribution in [1.82, 2.24) is 9.97 Å². The lowest BCUT2D eigenvalue weighted by atomic mass is 9.68. The van der Waals surface area contributed by atoms with Crippen molar-refractivity contribution in [3.8, 4) is 11.3 Å². The zero-order chi connectivity index (χ0) is 22.9. The fourth-order valence-corrected chi connectivity index (χ4v) is 4.52. The fourth-order valence-electron chi connectivity index (χ4n) is 3.87. The highest BCUT2D eigenvalue weighted by atomic mass is 35.5. The summed E-state index contributed by atoms with van der Waals surface area (Å²) < 4.78 is 0. The topological polar surface area (TPSA) is 112 Å². The molecule has 8 heteroatoms. The normalized spacial score (nSPS) is 22.2. The maximum Gasteiger partial charge on any atom is 0.237 e. The zero-order valence-corrected chi connectivity index (χ0v) is 18.2. The molecule has 0 spiro atoms. The number of hydrogen-bond acceptors (Lipinski definition) is 4. The van der Waals surface area contributed by atoms with Crippen LogP contribution >= 0.6 is 23.2 Å². The van der Waals surface area contributed by atoms with E-state index in [0.717, 1.165) is 0 Å². The number of carbonyl (C=O) groups is 2. The number of rotatable bonds is 5. The van der Waals surface area contributed by atoms with Crippen LogP contribution in [0, 0.1) is 0 Å². The molecule has 3 aromatic rings. The smallest absolute Gasteiger partial charge is 0.237 e. The van der Waals surface area contributed by atoms with Crippen LogP contribution in [0.15, 0.2) is 90.4 Å². The molecule has 2 atom stereocenters. The molecule has 1 aromatic carbocycles. The molecule has 6 nitrogen and oxygen atoms in total. The van der Waals surface area contributed by atoms with Crippen molar-refractivity contribution in [3.63, 3.8) is 0 Å². The highest BCUT2D eigenvalue weighted by Gasteiger charge is 2.47. The first-order chi connectivity index (χ1) is 15.3. The van der Waals surface area contributed by atoms with Crippen LogP contribution in [-0.2, 0) is 20.4 Å². The van der Waals surface area contributed by atoms with E-state index in [4.69, 9.17) is 34.7 Å². The summed E-state index contributed by atoms with van der Waals surface area (Å²) in [6, 6.07) is 13.8. The number of pyridine rings is 2. The molecule has 0 saturated heterocycles. The summed E-state index contributed by atoms with van der Waals surface area (Å²) in [6.07, 6.45) is 9.27. The number of nitrogens with two attached hydrogens (primary N) is 2. The van der Waals surface area contributed by atoms with Crippen LogP contribution in [0.25, 0.3) is 11.3 Å². The Morgan fingerprint density at radius 2 is 1.59 bits per heavy atom. The molecule has 2 heterocycles. The molecule has 0 fully saturated rings. The Morgan fingerprint density at radius 1 is 0.844 bits per heavy atom. The Hall–Kier alpha value is -3.48. The average molecular weight is 465 g/mol. The molecule has 4 N–H and O–H groups in total. The molecule has 0 bridgehead atoms. The fraction of sp³-hybridized carbons (Fsp3) is 0.0833. The summed E-state index contributed by atoms with van der Waals surface area (Å²) in [5.74, 6) is -1.36. The van der Waals surface area contributed by atoms with Gasteiger partial charge in [-0.15, -0.1) is 0 Å². The van der Waals surface area contributed by atoms with Crippen molar-refractivity contribution in [1.29, 1.82) is 0 Å². The van der Waals surface area contributed by atoms with E-state index in [9.17, 15) is 9.59 Å². The molecule has 0 radical (unpaired) electrons. The molecule has 0 aliphatic heterocycles. The summed E-state index contributed by atoms with van der Waals surface area (Å²) in [7, 11) is 0. The number of primary amides is 2. The first-order valence-electron chi connectivity index (χ1n) is 9.62. The second-order valence-electron chi connectivity index (χ2n) is 7.38. The number of carbonyl (C=O) groups excluding carboxylic acids is 2. The monoisotopic (exact) mass is 464 g/mol. The third-order valence-corrected chi connectivity index (χ3v) is 6.38. The van der Waals surface area contributed by atoms with Gasteiger partial charge in [0.2, 0.25) is 11.8 Å². The third-order valence-electron chi connectivity index (χ3n) is 5.64. The molecule has 160 valence electrons. The van der Waals surface area contributed by atoms with E-state index in [2.05, 4.69) is 9.97 Å². The van der Waals surface area contributed by atoms with Gasteiger partial charge in [0.05, 0.1) is 5.69 Å². The quantitative estimate of drug-likeness (QED) is 0.561. The Labute approximate surface area is 194 Å². The predicted molar refractivity (Wildman–Crippen MR) is 124 cm³/mol. The van der Waals surface area contributed by atoms with Crippen LogP contribution in [0.3, 0.4) is 0 Å². The number of aromatic nitrogens is 2. The summed E-state index contributed by atoms with van der Waals surface area (Å²) in [6.45, 7) is 0. The van der Waals surface area contributed by atoms with Crippen LogP contribution in [0.5, 0.6) is 0 Å². The van der Waals surface area contributed by atoms with Crippen molar-refractivity contribution in [2.45, 2.75) is 10.8 Å². The number of amides is 2. The average Bonchev–Trinajstić information content (AvgIpc) is 2.80. The first kappa shape index (κ1) is 21.7. The van der Waals surface area contributed by atoms with Crippen LogP contribution in [-0.4, -0.2) is 21.8 Å². The SMILES string of the molecule is NC(=O)C1(c2ccncc2)C=CC(C(N)=O)(c2ccc(Cl)c(-c3ccccn3)c2)C(Cl)=C1. The van der Waals surface area contributed by atoms with Gasteiger partial charge in [0, 0.05) is 34.2 Å². The van der Waals surface area contributed by atoms with Crippen LogP contribution < -0.4 is 11.5 Å². The summed E-state index contributed by atoms with van der Waals surface area (Å²) in [5.41, 5.74) is 11.1. The molecular weight excluding hydrogens is 447 g/mol. The first-order valence-corrected chi connectivity index (χ1v) is 10.4. The minimum Gasteiger partial charge on any atom is -0.368 e. The predicted octanol–water partition coefficient (Wildman–Crippen LogP) is 3.64. The van der Waals surface area contributed by atoms with Gasteiger partial charge < -0.3 is 11.5 Å². The highest BCUT2D eigenvalue weighted by Crippen LogP contribution is 2.46. The van der Waals surface area contributed by atoms with Crippen LogP contribution in [0.4, 0.5) is 0 Å². The highest BCUT2D eigenvalue weighted by molar-refractivity contribution is 6.35. The summed E-state index contributed by atoms with van der Waals surface area (Å²) in [5, 5.41) is 0.507.